The standard InChI is InChI=1S/C18H14N2O4/c21-17(19-20-18(22)16-7-4-12-23-16)13-8-10-15(11-9-13)24-14-5-2-1-3-6-14/h1-12H,(H,19,21)(H,20,22). The zero-order chi connectivity index (χ0) is 16.8. The minimum Gasteiger partial charge on any atom is -0.459 e. The first kappa shape index (κ1) is 15.4. The quantitative estimate of drug-likeness (QED) is 0.723. The summed E-state index contributed by atoms with van der Waals surface area (Å²) in [5.74, 6) is 0.457. The van der Waals surface area contributed by atoms with E-state index in [2.05, 4.69) is 10.9 Å². The molecule has 120 valence electrons. The molecule has 3 aromatic rings. The van der Waals surface area contributed by atoms with Gasteiger partial charge in [-0.1, -0.05) is 18.2 Å². The van der Waals surface area contributed by atoms with E-state index in [0.29, 0.717) is 17.1 Å². The lowest BCUT2D eigenvalue weighted by Crippen LogP contribution is -2.41. The van der Waals surface area contributed by atoms with Gasteiger partial charge in [-0.2, -0.15) is 0 Å². The van der Waals surface area contributed by atoms with E-state index in [0.717, 1.165) is 0 Å². The number of nitrogens with one attached hydrogen (secondary N) is 2. The van der Waals surface area contributed by atoms with E-state index < -0.39 is 11.8 Å². The first-order chi connectivity index (χ1) is 11.7. The molecule has 2 aromatic carbocycles. The van der Waals surface area contributed by atoms with Crippen LogP contribution in [-0.4, -0.2) is 11.8 Å². The highest BCUT2D eigenvalue weighted by Crippen LogP contribution is 2.20. The molecule has 0 bridgehead atoms. The van der Waals surface area contributed by atoms with E-state index in [4.69, 9.17) is 9.15 Å². The molecule has 3 rings (SSSR count). The van der Waals surface area contributed by atoms with Gasteiger partial charge in [0.1, 0.15) is 11.5 Å². The van der Waals surface area contributed by atoms with Crippen molar-refractivity contribution in [2.24, 2.45) is 0 Å². The minimum atomic E-state index is -0.530. The number of ether oxygens (including phenoxy) is 1. The zero-order valence-corrected chi connectivity index (χ0v) is 12.6. The number of carbonyl (C=O) groups excluding carboxylic acids is 2. The van der Waals surface area contributed by atoms with Crippen molar-refractivity contribution in [3.63, 3.8) is 0 Å². The van der Waals surface area contributed by atoms with Crippen LogP contribution in [0.3, 0.4) is 0 Å². The number of carbonyl (C=O) groups is 2. The van der Waals surface area contributed by atoms with E-state index in [-0.39, 0.29) is 5.76 Å². The summed E-state index contributed by atoms with van der Waals surface area (Å²) in [5, 5.41) is 0. The Morgan fingerprint density at radius 2 is 1.42 bits per heavy atom. The monoisotopic (exact) mass is 322 g/mol. The van der Waals surface area contributed by atoms with Gasteiger partial charge in [-0.15, -0.1) is 0 Å². The molecular formula is C18H14N2O4. The van der Waals surface area contributed by atoms with Crippen LogP contribution < -0.4 is 15.6 Å². The van der Waals surface area contributed by atoms with Crippen molar-refractivity contribution >= 4 is 11.8 Å². The fourth-order valence-electron chi connectivity index (χ4n) is 1.95. The number of amides is 2. The summed E-state index contributed by atoms with van der Waals surface area (Å²) in [7, 11) is 0. The molecule has 0 spiro atoms. The maximum Gasteiger partial charge on any atom is 0.305 e. The van der Waals surface area contributed by atoms with E-state index in [9.17, 15) is 9.59 Å². The second-order valence-corrected chi connectivity index (χ2v) is 4.83. The van der Waals surface area contributed by atoms with Gasteiger partial charge < -0.3 is 9.15 Å². The fourth-order valence-corrected chi connectivity index (χ4v) is 1.95. The van der Waals surface area contributed by atoms with Gasteiger partial charge in [-0.25, -0.2) is 0 Å². The molecule has 0 radical (unpaired) electrons. The molecule has 6 heteroatoms. The second-order valence-electron chi connectivity index (χ2n) is 4.83. The number of hydrogen-bond donors (Lipinski definition) is 2. The number of furan rings is 1. The van der Waals surface area contributed by atoms with Crippen LogP contribution in [-0.2, 0) is 0 Å². The van der Waals surface area contributed by atoms with Crippen LogP contribution in [0.15, 0.2) is 77.4 Å². The second kappa shape index (κ2) is 7.15. The number of hydrogen-bond acceptors (Lipinski definition) is 4. The van der Waals surface area contributed by atoms with Crippen molar-refractivity contribution in [3.05, 3.63) is 84.3 Å². The predicted molar refractivity (Wildman–Crippen MR) is 86.6 cm³/mol. The SMILES string of the molecule is O=C(NNC(=O)c1ccco1)c1ccc(Oc2ccccc2)cc1. The Labute approximate surface area is 138 Å². The van der Waals surface area contributed by atoms with Crippen molar-refractivity contribution in [2.45, 2.75) is 0 Å². The third-order valence-electron chi connectivity index (χ3n) is 3.13. The molecule has 0 unspecified atom stereocenters. The number of rotatable bonds is 4. The molecule has 2 N–H and O–H groups in total. The van der Waals surface area contributed by atoms with Crippen LogP contribution in [0.5, 0.6) is 11.5 Å². The molecule has 0 aliphatic heterocycles. The third-order valence-corrected chi connectivity index (χ3v) is 3.13. The highest BCUT2D eigenvalue weighted by atomic mass is 16.5. The van der Waals surface area contributed by atoms with Crippen molar-refractivity contribution in [2.75, 3.05) is 0 Å². The largest absolute Gasteiger partial charge is 0.459 e. The van der Waals surface area contributed by atoms with E-state index in [1.54, 1.807) is 30.3 Å². The Morgan fingerprint density at radius 1 is 0.750 bits per heavy atom. The first-order valence-corrected chi connectivity index (χ1v) is 7.19. The summed E-state index contributed by atoms with van der Waals surface area (Å²) in [6, 6.07) is 19.0. The number of hydrazine groups is 1. The Hall–Kier alpha value is -3.54. The first-order valence-electron chi connectivity index (χ1n) is 7.19. The zero-order valence-electron chi connectivity index (χ0n) is 12.6. The molecule has 0 saturated carbocycles. The summed E-state index contributed by atoms with van der Waals surface area (Å²) in [4.78, 5) is 23.7. The summed E-state index contributed by atoms with van der Waals surface area (Å²) in [5.41, 5.74) is 4.98. The van der Waals surface area contributed by atoms with Crippen LogP contribution in [0.25, 0.3) is 0 Å². The lowest BCUT2D eigenvalue weighted by atomic mass is 10.2. The number of benzene rings is 2. The summed E-state index contributed by atoms with van der Waals surface area (Å²) < 4.78 is 10.6. The fraction of sp³-hybridized carbons (Fsp3) is 0. The van der Waals surface area contributed by atoms with Crippen molar-refractivity contribution in [1.82, 2.24) is 10.9 Å². The molecule has 2 amide bonds. The molecule has 0 fully saturated rings. The molecule has 24 heavy (non-hydrogen) atoms. The molecule has 0 saturated heterocycles. The highest BCUT2D eigenvalue weighted by Gasteiger charge is 2.11. The maximum absolute atomic E-state index is 12.0. The van der Waals surface area contributed by atoms with Crippen LogP contribution in [0.2, 0.25) is 0 Å². The van der Waals surface area contributed by atoms with Crippen LogP contribution in [0.1, 0.15) is 20.9 Å². The summed E-state index contributed by atoms with van der Waals surface area (Å²) in [6.45, 7) is 0. The Balaban J connectivity index is 1.57. The van der Waals surface area contributed by atoms with Crippen molar-refractivity contribution in [1.29, 1.82) is 0 Å². The highest BCUT2D eigenvalue weighted by molar-refractivity contribution is 5.97. The van der Waals surface area contributed by atoms with Gasteiger partial charge in [0.15, 0.2) is 5.76 Å². The molecular weight excluding hydrogens is 308 g/mol. The molecule has 0 aliphatic rings. The summed E-state index contributed by atoms with van der Waals surface area (Å²) in [6.07, 6.45) is 1.38. The van der Waals surface area contributed by atoms with Crippen LogP contribution in [0, 0.1) is 0 Å². The van der Waals surface area contributed by atoms with Gasteiger partial charge in [-0.05, 0) is 48.5 Å². The van der Waals surface area contributed by atoms with Gasteiger partial charge in [0.25, 0.3) is 5.91 Å². The van der Waals surface area contributed by atoms with E-state index in [1.807, 2.05) is 30.3 Å². The Morgan fingerprint density at radius 3 is 2.08 bits per heavy atom. The average molecular weight is 322 g/mol. The summed E-state index contributed by atoms with van der Waals surface area (Å²) >= 11 is 0. The van der Waals surface area contributed by atoms with Gasteiger partial charge in [0.05, 0.1) is 6.26 Å². The van der Waals surface area contributed by atoms with Crippen molar-refractivity contribution in [3.8, 4) is 11.5 Å². The van der Waals surface area contributed by atoms with E-state index >= 15 is 0 Å². The van der Waals surface area contributed by atoms with E-state index in [1.165, 1.54) is 12.3 Å². The molecule has 6 nitrogen and oxygen atoms in total. The smallest absolute Gasteiger partial charge is 0.305 e. The Bertz CT molecular complexity index is 812. The molecule has 0 atom stereocenters. The van der Waals surface area contributed by atoms with Crippen LogP contribution in [0.4, 0.5) is 0 Å². The molecule has 1 aromatic heterocycles. The third kappa shape index (κ3) is 3.80. The lowest BCUT2D eigenvalue weighted by Gasteiger charge is -2.08. The maximum atomic E-state index is 12.0. The molecule has 1 heterocycles. The minimum absolute atomic E-state index is 0.113. The Kier molecular flexibility index (Phi) is 4.57. The number of para-hydroxylation sites is 1. The predicted octanol–water partition coefficient (Wildman–Crippen LogP) is 3.15. The molecule has 0 aliphatic carbocycles. The van der Waals surface area contributed by atoms with Crippen molar-refractivity contribution < 1.29 is 18.7 Å². The van der Waals surface area contributed by atoms with Gasteiger partial charge in [0.2, 0.25) is 0 Å². The normalized spacial score (nSPS) is 10.0. The van der Waals surface area contributed by atoms with Gasteiger partial charge in [-0.3, -0.25) is 20.4 Å². The topological polar surface area (TPSA) is 80.6 Å². The average Bonchev–Trinajstić information content (AvgIpc) is 3.16. The lowest BCUT2D eigenvalue weighted by molar-refractivity contribution is 0.0831. The van der Waals surface area contributed by atoms with Gasteiger partial charge in [0, 0.05) is 5.56 Å². The van der Waals surface area contributed by atoms with Gasteiger partial charge >= 0.3 is 5.91 Å². The van der Waals surface area contributed by atoms with Crippen LogP contribution >= 0.6 is 0 Å².